The maximum atomic E-state index is 13.5. The molecule has 0 spiro atoms. The third kappa shape index (κ3) is 3.95. The van der Waals surface area contributed by atoms with Gasteiger partial charge in [-0.1, -0.05) is 0 Å². The molecule has 0 atom stereocenters. The Morgan fingerprint density at radius 2 is 0.816 bits per heavy atom. The minimum absolute atomic E-state index is 0.168. The van der Waals surface area contributed by atoms with Gasteiger partial charge in [-0.2, -0.15) is 8.78 Å². The number of rotatable bonds is 4. The lowest BCUT2D eigenvalue weighted by Gasteiger charge is -1.97. The predicted molar refractivity (Wildman–Crippen MR) is 163 cm³/mol. The summed E-state index contributed by atoms with van der Waals surface area (Å²) in [5.41, 5.74) is 1.95. The van der Waals surface area contributed by atoms with Gasteiger partial charge in [-0.05, 0) is 83.6 Å². The first-order valence-electron chi connectivity index (χ1n) is 11.4. The first kappa shape index (κ1) is 23.1. The molecular formula is C28H12F2N2S6. The average molecular weight is 607 g/mol. The van der Waals surface area contributed by atoms with E-state index in [9.17, 15) is 8.78 Å². The van der Waals surface area contributed by atoms with E-state index < -0.39 is 0 Å². The topological polar surface area (TPSA) is 25.8 Å². The number of aromatic nitrogens is 2. The summed E-state index contributed by atoms with van der Waals surface area (Å²) >= 11 is 8.97. The summed E-state index contributed by atoms with van der Waals surface area (Å²) in [6.07, 6.45) is 0. The van der Waals surface area contributed by atoms with Crippen LogP contribution in [0.25, 0.3) is 70.5 Å². The van der Waals surface area contributed by atoms with Gasteiger partial charge in [0.05, 0.1) is 30.2 Å². The molecule has 6 aromatic heterocycles. The third-order valence-corrected chi connectivity index (χ3v) is 12.8. The van der Waals surface area contributed by atoms with Crippen LogP contribution >= 0.6 is 68.0 Å². The maximum absolute atomic E-state index is 13.5. The molecule has 0 aliphatic carbocycles. The molecule has 0 fully saturated rings. The number of thiazole rings is 2. The van der Waals surface area contributed by atoms with Crippen molar-refractivity contribution in [3.05, 3.63) is 83.1 Å². The standard InChI is InChI=1S/C28H12F2N2S6/c29-25-7-5-19(35-25)17-1-3-21(33-17)27-31-15-9-13-12-24-16(10-14(13)11-23(15)37-27)32-28(38-24)22-4-2-18(34-22)20-6-8-26(30)36-20/h1-12H. The fourth-order valence-corrected chi connectivity index (χ4v) is 10.1. The lowest BCUT2D eigenvalue weighted by Crippen LogP contribution is -1.76. The number of halogens is 2. The van der Waals surface area contributed by atoms with Crippen LogP contribution in [0.2, 0.25) is 0 Å². The quantitative estimate of drug-likeness (QED) is 0.199. The van der Waals surface area contributed by atoms with Gasteiger partial charge in [-0.25, -0.2) is 9.97 Å². The molecule has 0 N–H and O–H groups in total. The average Bonchev–Trinajstić information content (AvgIpc) is 3.71. The summed E-state index contributed by atoms with van der Waals surface area (Å²) in [4.78, 5) is 16.0. The van der Waals surface area contributed by atoms with Crippen molar-refractivity contribution in [3.63, 3.8) is 0 Å². The van der Waals surface area contributed by atoms with E-state index in [1.54, 1.807) is 45.3 Å². The normalized spacial score (nSPS) is 11.9. The Bertz CT molecular complexity index is 1920. The zero-order valence-corrected chi connectivity index (χ0v) is 23.9. The molecule has 0 aliphatic heterocycles. The fraction of sp³-hybridized carbons (Fsp3) is 0. The van der Waals surface area contributed by atoms with Gasteiger partial charge < -0.3 is 0 Å². The van der Waals surface area contributed by atoms with Gasteiger partial charge in [0.2, 0.25) is 0 Å². The molecule has 0 unspecified atom stereocenters. The first-order valence-corrected chi connectivity index (χ1v) is 16.3. The van der Waals surface area contributed by atoms with Crippen LogP contribution in [0, 0.1) is 10.3 Å². The molecule has 8 rings (SSSR count). The van der Waals surface area contributed by atoms with Crippen molar-refractivity contribution in [2.45, 2.75) is 0 Å². The van der Waals surface area contributed by atoms with E-state index in [0.29, 0.717) is 0 Å². The molecule has 8 aromatic rings. The maximum Gasteiger partial charge on any atom is 0.177 e. The van der Waals surface area contributed by atoms with Gasteiger partial charge >= 0.3 is 0 Å². The van der Waals surface area contributed by atoms with Crippen LogP contribution in [-0.4, -0.2) is 9.97 Å². The monoisotopic (exact) mass is 606 g/mol. The first-order chi connectivity index (χ1) is 18.6. The Balaban J connectivity index is 1.15. The van der Waals surface area contributed by atoms with Crippen LogP contribution in [-0.2, 0) is 0 Å². The van der Waals surface area contributed by atoms with Crippen molar-refractivity contribution in [1.29, 1.82) is 0 Å². The largest absolute Gasteiger partial charge is 0.235 e. The van der Waals surface area contributed by atoms with Crippen molar-refractivity contribution in [3.8, 4) is 39.3 Å². The molecule has 0 radical (unpaired) electrons. The number of nitrogens with zero attached hydrogens (tertiary/aromatic N) is 2. The van der Waals surface area contributed by atoms with Gasteiger partial charge in [-0.3, -0.25) is 0 Å². The number of hydrogen-bond donors (Lipinski definition) is 0. The summed E-state index contributed by atoms with van der Waals surface area (Å²) in [5, 5.41) is 3.89. The lowest BCUT2D eigenvalue weighted by molar-refractivity contribution is 0.657. The molecule has 6 heterocycles. The smallest absolute Gasteiger partial charge is 0.177 e. The molecular weight excluding hydrogens is 595 g/mol. The summed E-state index contributed by atoms with van der Waals surface area (Å²) in [7, 11) is 0. The summed E-state index contributed by atoms with van der Waals surface area (Å²) in [6, 6.07) is 23.6. The van der Waals surface area contributed by atoms with E-state index in [4.69, 9.17) is 9.97 Å². The summed E-state index contributed by atoms with van der Waals surface area (Å²) < 4.78 is 29.2. The second kappa shape index (κ2) is 8.84. The Kier molecular flexibility index (Phi) is 5.36. The highest BCUT2D eigenvalue weighted by Gasteiger charge is 2.15. The molecule has 0 amide bonds. The van der Waals surface area contributed by atoms with Crippen molar-refractivity contribution >= 4 is 99.2 Å². The number of hydrogen-bond acceptors (Lipinski definition) is 8. The fourth-order valence-electron chi connectivity index (χ4n) is 4.37. The predicted octanol–water partition coefficient (Wildman–Crippen LogP) is 11.3. The van der Waals surface area contributed by atoms with Crippen LogP contribution in [0.4, 0.5) is 8.78 Å². The van der Waals surface area contributed by atoms with Crippen LogP contribution in [0.5, 0.6) is 0 Å². The summed E-state index contributed by atoms with van der Waals surface area (Å²) in [5.74, 6) is 0. The molecule has 184 valence electrons. The molecule has 38 heavy (non-hydrogen) atoms. The van der Waals surface area contributed by atoms with Crippen LogP contribution < -0.4 is 0 Å². The summed E-state index contributed by atoms with van der Waals surface area (Å²) in [6.45, 7) is 0. The second-order valence-electron chi connectivity index (χ2n) is 8.56. The van der Waals surface area contributed by atoms with Crippen LogP contribution in [0.3, 0.4) is 0 Å². The minimum Gasteiger partial charge on any atom is -0.235 e. The minimum atomic E-state index is -0.168. The molecule has 0 saturated carbocycles. The molecule has 2 aromatic carbocycles. The number of benzene rings is 2. The highest BCUT2D eigenvalue weighted by molar-refractivity contribution is 7.28. The second-order valence-corrected chi connectivity index (χ2v) is 14.9. The van der Waals surface area contributed by atoms with Gasteiger partial charge in [0.15, 0.2) is 10.3 Å². The van der Waals surface area contributed by atoms with E-state index >= 15 is 0 Å². The Labute approximate surface area is 238 Å². The van der Waals surface area contributed by atoms with Gasteiger partial charge in [0.1, 0.15) is 10.0 Å². The Morgan fingerprint density at radius 3 is 1.24 bits per heavy atom. The van der Waals surface area contributed by atoms with Gasteiger partial charge in [0.25, 0.3) is 0 Å². The Hall–Kier alpha value is -2.86. The van der Waals surface area contributed by atoms with Crippen molar-refractivity contribution in [2.24, 2.45) is 0 Å². The van der Waals surface area contributed by atoms with Crippen molar-refractivity contribution in [2.75, 3.05) is 0 Å². The van der Waals surface area contributed by atoms with Gasteiger partial charge in [-0.15, -0.1) is 68.0 Å². The van der Waals surface area contributed by atoms with E-state index in [-0.39, 0.29) is 10.3 Å². The molecule has 0 saturated heterocycles. The third-order valence-electron chi connectivity index (χ3n) is 6.12. The highest BCUT2D eigenvalue weighted by atomic mass is 32.1. The van der Waals surface area contributed by atoms with Crippen molar-refractivity contribution in [1.82, 2.24) is 9.97 Å². The van der Waals surface area contributed by atoms with Gasteiger partial charge in [0, 0.05) is 19.5 Å². The molecule has 0 bridgehead atoms. The van der Waals surface area contributed by atoms with E-state index in [1.165, 1.54) is 34.8 Å². The van der Waals surface area contributed by atoms with E-state index in [1.807, 2.05) is 24.3 Å². The zero-order chi connectivity index (χ0) is 25.4. The van der Waals surface area contributed by atoms with Crippen LogP contribution in [0.15, 0.2) is 72.8 Å². The van der Waals surface area contributed by atoms with Crippen molar-refractivity contribution < 1.29 is 8.78 Å². The number of thiophene rings is 4. The number of fused-ring (bicyclic) bond motifs is 3. The van der Waals surface area contributed by atoms with Crippen LogP contribution in [0.1, 0.15) is 0 Å². The molecule has 2 nitrogen and oxygen atoms in total. The van der Waals surface area contributed by atoms with E-state index in [2.05, 4.69) is 36.4 Å². The zero-order valence-electron chi connectivity index (χ0n) is 19.0. The van der Waals surface area contributed by atoms with E-state index in [0.717, 1.165) is 70.5 Å². The molecule has 0 aliphatic rings. The lowest BCUT2D eigenvalue weighted by atomic mass is 10.1. The highest BCUT2D eigenvalue weighted by Crippen LogP contribution is 2.43. The Morgan fingerprint density at radius 1 is 0.421 bits per heavy atom. The molecule has 10 heteroatoms. The SMILES string of the molecule is Fc1ccc(-c2ccc(-c3nc4cc5cc6sc(-c7ccc(-c8ccc(F)s8)s7)nc6cc5cc4s3)s2)s1.